The van der Waals surface area contributed by atoms with E-state index < -0.39 is 20.6 Å². The second-order valence-electron chi connectivity index (χ2n) is 5.97. The van der Waals surface area contributed by atoms with Crippen molar-refractivity contribution >= 4 is 39.7 Å². The fourth-order valence-corrected chi connectivity index (χ4v) is 4.86. The van der Waals surface area contributed by atoms with E-state index in [2.05, 4.69) is 0 Å². The lowest BCUT2D eigenvalue weighted by molar-refractivity contribution is -0.385. The topological polar surface area (TPSA) is 116 Å². The largest absolute Gasteiger partial charge is 0.378 e. The van der Waals surface area contributed by atoms with Gasteiger partial charge in [-0.15, -0.1) is 12.4 Å². The van der Waals surface area contributed by atoms with Crippen molar-refractivity contribution in [2.75, 3.05) is 26.2 Å². The molecule has 8 nitrogen and oxygen atoms in total. The summed E-state index contributed by atoms with van der Waals surface area (Å²) >= 11 is 6.01. The maximum absolute atomic E-state index is 12.9. The lowest BCUT2D eigenvalue weighted by Crippen LogP contribution is -2.41. The van der Waals surface area contributed by atoms with Gasteiger partial charge in [-0.05, 0) is 44.4 Å². The number of rotatable bonds is 7. The highest BCUT2D eigenvalue weighted by Crippen LogP contribution is 2.35. The molecule has 0 amide bonds. The van der Waals surface area contributed by atoms with E-state index in [0.29, 0.717) is 31.6 Å². The number of nitro groups is 1. The van der Waals surface area contributed by atoms with Crippen LogP contribution < -0.4 is 5.73 Å². The zero-order chi connectivity index (χ0) is 18.6. The Kier molecular flexibility index (Phi) is 8.71. The minimum absolute atomic E-state index is 0. The monoisotopic (exact) mass is 427 g/mol. The van der Waals surface area contributed by atoms with Crippen LogP contribution in [-0.4, -0.2) is 50.0 Å². The molecule has 148 valence electrons. The van der Waals surface area contributed by atoms with Crippen molar-refractivity contribution in [3.63, 3.8) is 0 Å². The van der Waals surface area contributed by atoms with Crippen molar-refractivity contribution in [1.82, 2.24) is 4.31 Å². The number of sulfonamides is 1. The number of hydrogen-bond acceptors (Lipinski definition) is 6. The van der Waals surface area contributed by atoms with Crippen LogP contribution in [0.25, 0.3) is 0 Å². The van der Waals surface area contributed by atoms with Crippen molar-refractivity contribution in [2.24, 2.45) is 5.73 Å². The van der Waals surface area contributed by atoms with Crippen LogP contribution in [0, 0.1) is 17.0 Å². The Morgan fingerprint density at radius 1 is 1.38 bits per heavy atom. The van der Waals surface area contributed by atoms with Crippen LogP contribution in [0.4, 0.5) is 5.69 Å². The third kappa shape index (κ3) is 5.28. The number of piperidine rings is 1. The molecule has 11 heteroatoms. The van der Waals surface area contributed by atoms with E-state index in [4.69, 9.17) is 22.1 Å². The summed E-state index contributed by atoms with van der Waals surface area (Å²) < 4.78 is 32.7. The highest BCUT2D eigenvalue weighted by Gasteiger charge is 2.33. The second kappa shape index (κ2) is 9.82. The Hall–Kier alpha value is -0.970. The molecule has 1 aromatic carbocycles. The number of nitro benzene ring substituents is 1. The predicted molar refractivity (Wildman–Crippen MR) is 101 cm³/mol. The van der Waals surface area contributed by atoms with Crippen molar-refractivity contribution in [1.29, 1.82) is 0 Å². The Balaban J connectivity index is 0.00000338. The quantitative estimate of drug-likeness (QED) is 0.405. The van der Waals surface area contributed by atoms with Gasteiger partial charge in [-0.3, -0.25) is 10.1 Å². The number of hydrogen-bond donors (Lipinski definition) is 1. The Labute approximate surface area is 164 Å². The minimum Gasteiger partial charge on any atom is -0.378 e. The van der Waals surface area contributed by atoms with Crippen LogP contribution >= 0.6 is 24.0 Å². The molecule has 1 aromatic rings. The summed E-state index contributed by atoms with van der Waals surface area (Å²) in [5, 5.41) is 10.7. The average Bonchev–Trinajstić information content (AvgIpc) is 2.57. The van der Waals surface area contributed by atoms with Crippen molar-refractivity contribution in [3.8, 4) is 0 Å². The number of ether oxygens (including phenoxy) is 1. The van der Waals surface area contributed by atoms with Gasteiger partial charge in [0, 0.05) is 25.8 Å². The summed E-state index contributed by atoms with van der Waals surface area (Å²) in [5.74, 6) is 0. The van der Waals surface area contributed by atoms with Crippen LogP contribution in [0.15, 0.2) is 17.0 Å². The number of benzene rings is 1. The molecule has 0 aliphatic carbocycles. The molecule has 0 spiro atoms. The molecule has 0 saturated carbocycles. The first-order valence-corrected chi connectivity index (χ1v) is 9.85. The fourth-order valence-electron chi connectivity index (χ4n) is 2.75. The summed E-state index contributed by atoms with van der Waals surface area (Å²) in [6.45, 7) is 3.28. The number of nitrogens with zero attached hydrogens (tertiary/aromatic N) is 2. The highest BCUT2D eigenvalue weighted by molar-refractivity contribution is 7.89. The molecule has 1 saturated heterocycles. The molecule has 1 fully saturated rings. The summed E-state index contributed by atoms with van der Waals surface area (Å²) in [4.78, 5) is 10.2. The molecule has 2 rings (SSSR count). The Morgan fingerprint density at radius 3 is 2.54 bits per heavy atom. The molecule has 0 unspecified atom stereocenters. The van der Waals surface area contributed by atoms with Crippen LogP contribution in [0.2, 0.25) is 5.02 Å². The molecule has 26 heavy (non-hydrogen) atoms. The zero-order valence-electron chi connectivity index (χ0n) is 14.4. The molecule has 0 radical (unpaired) electrons. The molecule has 0 bridgehead atoms. The van der Waals surface area contributed by atoms with Crippen LogP contribution in [0.1, 0.15) is 24.8 Å². The maximum atomic E-state index is 12.9. The van der Waals surface area contributed by atoms with E-state index in [0.717, 1.165) is 6.42 Å². The highest BCUT2D eigenvalue weighted by atomic mass is 35.5. The zero-order valence-corrected chi connectivity index (χ0v) is 16.8. The summed E-state index contributed by atoms with van der Waals surface area (Å²) in [6.07, 6.45) is 1.89. The average molecular weight is 428 g/mol. The van der Waals surface area contributed by atoms with Gasteiger partial charge in [0.1, 0.15) is 9.92 Å². The standard InChI is InChI=1S/C15H22ClN3O5S.ClH/c1-11-9-13(19(20)21)15(16)14(10-11)25(22,23)18-6-3-12(4-7-18)24-8-2-5-17;/h9-10,12H,2-8,17H2,1H3;1H. The maximum Gasteiger partial charge on any atom is 0.289 e. The van der Waals surface area contributed by atoms with E-state index in [1.807, 2.05) is 0 Å². The van der Waals surface area contributed by atoms with E-state index >= 15 is 0 Å². The van der Waals surface area contributed by atoms with Gasteiger partial charge in [0.2, 0.25) is 10.0 Å². The molecule has 1 heterocycles. The molecule has 1 aliphatic rings. The fraction of sp³-hybridized carbons (Fsp3) is 0.600. The van der Waals surface area contributed by atoms with Crippen LogP contribution in [0.5, 0.6) is 0 Å². The molecule has 0 aromatic heterocycles. The second-order valence-corrected chi connectivity index (χ2v) is 8.25. The van der Waals surface area contributed by atoms with Gasteiger partial charge in [0.15, 0.2) is 0 Å². The number of halogens is 2. The first kappa shape index (κ1) is 23.1. The van der Waals surface area contributed by atoms with Gasteiger partial charge in [-0.1, -0.05) is 11.6 Å². The number of nitrogens with two attached hydrogens (primary N) is 1. The first-order chi connectivity index (χ1) is 11.8. The molecular weight excluding hydrogens is 405 g/mol. The molecular formula is C15H23Cl2N3O5S. The van der Waals surface area contributed by atoms with Gasteiger partial charge in [0.05, 0.1) is 11.0 Å². The molecule has 1 aliphatic heterocycles. The molecule has 0 atom stereocenters. The number of aryl methyl sites for hydroxylation is 1. The third-order valence-electron chi connectivity index (χ3n) is 4.08. The smallest absolute Gasteiger partial charge is 0.289 e. The van der Waals surface area contributed by atoms with Crippen molar-refractivity contribution < 1.29 is 18.1 Å². The van der Waals surface area contributed by atoms with E-state index in [1.165, 1.54) is 16.4 Å². The molecule has 2 N–H and O–H groups in total. The normalized spacial score (nSPS) is 16.3. The Morgan fingerprint density at radius 2 is 2.00 bits per heavy atom. The first-order valence-electron chi connectivity index (χ1n) is 8.03. The van der Waals surface area contributed by atoms with Crippen molar-refractivity contribution in [3.05, 3.63) is 32.8 Å². The van der Waals surface area contributed by atoms with Gasteiger partial charge in [-0.2, -0.15) is 4.31 Å². The van der Waals surface area contributed by atoms with Crippen LogP contribution in [-0.2, 0) is 14.8 Å². The minimum atomic E-state index is -3.90. The lowest BCUT2D eigenvalue weighted by atomic mass is 10.1. The van der Waals surface area contributed by atoms with Crippen molar-refractivity contribution in [2.45, 2.75) is 37.2 Å². The summed E-state index contributed by atoms with van der Waals surface area (Å²) in [5.41, 5.74) is 5.48. The van der Waals surface area contributed by atoms with Gasteiger partial charge in [-0.25, -0.2) is 8.42 Å². The SMILES string of the molecule is Cc1cc([N+](=O)[O-])c(Cl)c(S(=O)(=O)N2CCC(OCCCN)CC2)c1.Cl. The van der Waals surface area contributed by atoms with Gasteiger partial charge < -0.3 is 10.5 Å². The lowest BCUT2D eigenvalue weighted by Gasteiger charge is -2.31. The Bertz CT molecular complexity index is 737. The van der Waals surface area contributed by atoms with E-state index in [1.54, 1.807) is 6.92 Å². The van der Waals surface area contributed by atoms with Gasteiger partial charge in [0.25, 0.3) is 5.69 Å². The summed E-state index contributed by atoms with van der Waals surface area (Å²) in [6, 6.07) is 2.63. The third-order valence-corrected chi connectivity index (χ3v) is 6.51. The summed E-state index contributed by atoms with van der Waals surface area (Å²) in [7, 11) is -3.90. The van der Waals surface area contributed by atoms with E-state index in [9.17, 15) is 18.5 Å². The van der Waals surface area contributed by atoms with Crippen LogP contribution in [0.3, 0.4) is 0 Å². The van der Waals surface area contributed by atoms with Gasteiger partial charge >= 0.3 is 0 Å². The predicted octanol–water partition coefficient (Wildman–Crippen LogP) is 2.50. The van der Waals surface area contributed by atoms with E-state index in [-0.39, 0.29) is 41.5 Å².